The van der Waals surface area contributed by atoms with E-state index in [0.717, 1.165) is 0 Å². The molecule has 0 radical (unpaired) electrons. The van der Waals surface area contributed by atoms with Crippen molar-refractivity contribution in [2.75, 3.05) is 19.5 Å². The number of thiocarbonyl (C=S) groups is 1. The molecule has 0 aromatic heterocycles. The SMILES string of the molecule is CNC(=O)c1ccccc1NC(=S)NC(=O)c1ccc(C(=O)OC)cc1. The highest BCUT2D eigenvalue weighted by Crippen LogP contribution is 2.14. The third-order valence-corrected chi connectivity index (χ3v) is 3.65. The van der Waals surface area contributed by atoms with E-state index in [0.29, 0.717) is 22.4 Å². The summed E-state index contributed by atoms with van der Waals surface area (Å²) in [6, 6.07) is 12.7. The molecule has 0 bridgehead atoms. The number of amides is 2. The van der Waals surface area contributed by atoms with E-state index < -0.39 is 11.9 Å². The number of anilines is 1. The zero-order valence-electron chi connectivity index (χ0n) is 14.2. The second-order valence-electron chi connectivity index (χ2n) is 5.10. The van der Waals surface area contributed by atoms with Crippen molar-refractivity contribution in [1.82, 2.24) is 10.6 Å². The topological polar surface area (TPSA) is 96.5 Å². The lowest BCUT2D eigenvalue weighted by molar-refractivity contribution is 0.0600. The Hall–Kier alpha value is -3.26. The Morgan fingerprint density at radius 1 is 0.923 bits per heavy atom. The van der Waals surface area contributed by atoms with Crippen LogP contribution < -0.4 is 16.0 Å². The Morgan fingerprint density at radius 3 is 2.15 bits per heavy atom. The number of carbonyl (C=O) groups excluding carboxylic acids is 3. The summed E-state index contributed by atoms with van der Waals surface area (Å²) in [6.07, 6.45) is 0. The minimum Gasteiger partial charge on any atom is -0.465 e. The molecule has 0 aliphatic carbocycles. The zero-order valence-corrected chi connectivity index (χ0v) is 15.0. The molecule has 0 atom stereocenters. The number of carbonyl (C=O) groups is 3. The lowest BCUT2D eigenvalue weighted by Crippen LogP contribution is -2.34. The number of nitrogens with one attached hydrogen (secondary N) is 3. The summed E-state index contributed by atoms with van der Waals surface area (Å²) in [4.78, 5) is 35.5. The molecular weight excluding hydrogens is 354 g/mol. The van der Waals surface area contributed by atoms with Gasteiger partial charge >= 0.3 is 5.97 Å². The lowest BCUT2D eigenvalue weighted by Gasteiger charge is -2.13. The van der Waals surface area contributed by atoms with Crippen molar-refractivity contribution < 1.29 is 19.1 Å². The molecule has 0 fully saturated rings. The van der Waals surface area contributed by atoms with Gasteiger partial charge in [-0.15, -0.1) is 0 Å². The summed E-state index contributed by atoms with van der Waals surface area (Å²) in [7, 11) is 2.81. The molecule has 26 heavy (non-hydrogen) atoms. The van der Waals surface area contributed by atoms with E-state index in [1.165, 1.54) is 38.4 Å². The predicted octanol–water partition coefficient (Wildman–Crippen LogP) is 1.96. The minimum atomic E-state index is -0.486. The van der Waals surface area contributed by atoms with Gasteiger partial charge < -0.3 is 15.4 Å². The Bertz CT molecular complexity index is 850. The molecule has 2 rings (SSSR count). The first-order chi connectivity index (χ1) is 12.5. The molecule has 0 heterocycles. The van der Waals surface area contributed by atoms with Gasteiger partial charge in [-0.05, 0) is 48.6 Å². The number of ether oxygens (including phenoxy) is 1. The first kappa shape index (κ1) is 19.1. The summed E-state index contributed by atoms with van der Waals surface area (Å²) in [5, 5.41) is 7.93. The number of hydrogen-bond acceptors (Lipinski definition) is 5. The van der Waals surface area contributed by atoms with Crippen molar-refractivity contribution in [3.05, 3.63) is 65.2 Å². The van der Waals surface area contributed by atoms with Gasteiger partial charge in [-0.3, -0.25) is 14.9 Å². The van der Waals surface area contributed by atoms with Crippen LogP contribution in [0.15, 0.2) is 48.5 Å². The van der Waals surface area contributed by atoms with Crippen LogP contribution in [0.1, 0.15) is 31.1 Å². The van der Waals surface area contributed by atoms with E-state index in [2.05, 4.69) is 20.7 Å². The summed E-state index contributed by atoms with van der Waals surface area (Å²) in [5.74, 6) is -1.21. The van der Waals surface area contributed by atoms with E-state index in [1.54, 1.807) is 24.3 Å². The second kappa shape index (κ2) is 8.72. The maximum Gasteiger partial charge on any atom is 0.337 e. The highest BCUT2D eigenvalue weighted by Gasteiger charge is 2.13. The summed E-state index contributed by atoms with van der Waals surface area (Å²) < 4.78 is 4.60. The molecule has 0 saturated carbocycles. The molecule has 0 aliphatic heterocycles. The van der Waals surface area contributed by atoms with Gasteiger partial charge in [0.2, 0.25) is 0 Å². The minimum absolute atomic E-state index is 0.0448. The molecular formula is C18H17N3O4S. The smallest absolute Gasteiger partial charge is 0.337 e. The highest BCUT2D eigenvalue weighted by molar-refractivity contribution is 7.80. The molecule has 0 saturated heterocycles. The average Bonchev–Trinajstić information content (AvgIpc) is 2.67. The maximum atomic E-state index is 12.2. The molecule has 2 aromatic carbocycles. The first-order valence-corrected chi connectivity index (χ1v) is 7.99. The Balaban J connectivity index is 2.05. The molecule has 7 nitrogen and oxygen atoms in total. The quantitative estimate of drug-likeness (QED) is 0.562. The molecule has 3 N–H and O–H groups in total. The van der Waals surface area contributed by atoms with Crippen LogP contribution in [0.5, 0.6) is 0 Å². The van der Waals surface area contributed by atoms with Crippen molar-refractivity contribution >= 4 is 40.8 Å². The fraction of sp³-hybridized carbons (Fsp3) is 0.111. The normalized spacial score (nSPS) is 9.77. The third kappa shape index (κ3) is 4.64. The molecule has 8 heteroatoms. The van der Waals surface area contributed by atoms with Crippen LogP contribution in [0.25, 0.3) is 0 Å². The van der Waals surface area contributed by atoms with E-state index in [1.807, 2.05) is 0 Å². The van der Waals surface area contributed by atoms with Crippen LogP contribution >= 0.6 is 12.2 Å². The molecule has 2 aromatic rings. The third-order valence-electron chi connectivity index (χ3n) is 3.44. The van der Waals surface area contributed by atoms with Crippen molar-refractivity contribution in [1.29, 1.82) is 0 Å². The number of benzene rings is 2. The number of hydrogen-bond donors (Lipinski definition) is 3. The summed E-state index contributed by atoms with van der Waals surface area (Å²) in [5.41, 5.74) is 1.53. The van der Waals surface area contributed by atoms with Crippen molar-refractivity contribution in [3.63, 3.8) is 0 Å². The van der Waals surface area contributed by atoms with Crippen molar-refractivity contribution in [2.24, 2.45) is 0 Å². The van der Waals surface area contributed by atoms with E-state index in [-0.39, 0.29) is 11.0 Å². The molecule has 0 aliphatic rings. The van der Waals surface area contributed by atoms with Gasteiger partial charge in [0.25, 0.3) is 11.8 Å². The summed E-state index contributed by atoms with van der Waals surface area (Å²) in [6.45, 7) is 0. The number of rotatable bonds is 4. The Kier molecular flexibility index (Phi) is 6.40. The fourth-order valence-corrected chi connectivity index (χ4v) is 2.33. The van der Waals surface area contributed by atoms with Gasteiger partial charge in [0.1, 0.15) is 0 Å². The maximum absolute atomic E-state index is 12.2. The van der Waals surface area contributed by atoms with Crippen LogP contribution in [0, 0.1) is 0 Å². The molecule has 0 spiro atoms. The van der Waals surface area contributed by atoms with Crippen LogP contribution in [0.2, 0.25) is 0 Å². The average molecular weight is 371 g/mol. The fourth-order valence-electron chi connectivity index (χ4n) is 2.13. The monoisotopic (exact) mass is 371 g/mol. The van der Waals surface area contributed by atoms with Gasteiger partial charge in [-0.1, -0.05) is 12.1 Å². The van der Waals surface area contributed by atoms with E-state index in [4.69, 9.17) is 12.2 Å². The van der Waals surface area contributed by atoms with Gasteiger partial charge in [-0.25, -0.2) is 4.79 Å². The van der Waals surface area contributed by atoms with Crippen molar-refractivity contribution in [3.8, 4) is 0 Å². The van der Waals surface area contributed by atoms with E-state index >= 15 is 0 Å². The van der Waals surface area contributed by atoms with Gasteiger partial charge in [-0.2, -0.15) is 0 Å². The zero-order chi connectivity index (χ0) is 19.1. The predicted molar refractivity (Wildman–Crippen MR) is 101 cm³/mol. The molecule has 134 valence electrons. The van der Waals surface area contributed by atoms with Crippen LogP contribution in [0.4, 0.5) is 5.69 Å². The van der Waals surface area contributed by atoms with Gasteiger partial charge in [0.15, 0.2) is 5.11 Å². The number of para-hydroxylation sites is 1. The Labute approximate surface area is 155 Å². The van der Waals surface area contributed by atoms with Gasteiger partial charge in [0, 0.05) is 12.6 Å². The standard InChI is InChI=1S/C18H17N3O4S/c1-19-16(23)13-5-3-4-6-14(13)20-18(26)21-15(22)11-7-9-12(10-8-11)17(24)25-2/h3-10H,1-2H3,(H,19,23)(H2,20,21,22,26). The van der Waals surface area contributed by atoms with Crippen LogP contribution in [-0.4, -0.2) is 37.1 Å². The first-order valence-electron chi connectivity index (χ1n) is 7.58. The van der Waals surface area contributed by atoms with Crippen LogP contribution in [-0.2, 0) is 4.74 Å². The second-order valence-corrected chi connectivity index (χ2v) is 5.51. The molecule has 0 unspecified atom stereocenters. The largest absolute Gasteiger partial charge is 0.465 e. The number of esters is 1. The van der Waals surface area contributed by atoms with Crippen LogP contribution in [0.3, 0.4) is 0 Å². The van der Waals surface area contributed by atoms with Gasteiger partial charge in [0.05, 0.1) is 23.9 Å². The number of methoxy groups -OCH3 is 1. The lowest BCUT2D eigenvalue weighted by atomic mass is 10.1. The molecule has 2 amide bonds. The van der Waals surface area contributed by atoms with E-state index in [9.17, 15) is 14.4 Å². The van der Waals surface area contributed by atoms with Crippen molar-refractivity contribution in [2.45, 2.75) is 0 Å². The summed E-state index contributed by atoms with van der Waals surface area (Å²) >= 11 is 5.13. The highest BCUT2D eigenvalue weighted by atomic mass is 32.1. The Morgan fingerprint density at radius 2 is 1.54 bits per heavy atom.